The molecule has 1 saturated heterocycles. The van der Waals surface area contributed by atoms with Crippen LogP contribution in [0.25, 0.3) is 25.9 Å². The third-order valence-corrected chi connectivity index (χ3v) is 8.08. The van der Waals surface area contributed by atoms with Gasteiger partial charge >= 0.3 is 12.1 Å². The van der Waals surface area contributed by atoms with Crippen molar-refractivity contribution in [3.63, 3.8) is 0 Å². The molecule has 1 saturated carbocycles. The predicted molar refractivity (Wildman–Crippen MR) is 136 cm³/mol. The Bertz CT molecular complexity index is 1640. The largest absolute Gasteiger partial charge is 0.477 e. The second-order valence-corrected chi connectivity index (χ2v) is 11.5. The van der Waals surface area contributed by atoms with Gasteiger partial charge in [-0.3, -0.25) is 9.20 Å². The van der Waals surface area contributed by atoms with Crippen LogP contribution in [-0.2, 0) is 4.74 Å². The van der Waals surface area contributed by atoms with E-state index >= 15 is 4.39 Å². The number of nitrogens with one attached hydrogen (secondary N) is 1. The molecule has 2 fully saturated rings. The van der Waals surface area contributed by atoms with Crippen molar-refractivity contribution in [1.82, 2.24) is 9.72 Å². The van der Waals surface area contributed by atoms with Gasteiger partial charge in [-0.1, -0.05) is 12.1 Å². The number of nitrogens with zero attached hydrogens (tertiary/aromatic N) is 2. The van der Waals surface area contributed by atoms with Crippen molar-refractivity contribution in [3.05, 3.63) is 58.0 Å². The summed E-state index contributed by atoms with van der Waals surface area (Å²) in [5, 5.41) is 12.7. The first-order valence-electron chi connectivity index (χ1n) is 11.7. The summed E-state index contributed by atoms with van der Waals surface area (Å²) in [4.78, 5) is 39.5. The van der Waals surface area contributed by atoms with Crippen molar-refractivity contribution >= 4 is 55.0 Å². The number of alkyl carbamates (subject to hydrolysis) is 1. The summed E-state index contributed by atoms with van der Waals surface area (Å²) in [7, 11) is 0. The summed E-state index contributed by atoms with van der Waals surface area (Å²) < 4.78 is 23.2. The number of rotatable bonds is 3. The van der Waals surface area contributed by atoms with E-state index in [9.17, 15) is 19.5 Å². The normalized spacial score (nSPS) is 21.2. The highest BCUT2D eigenvalue weighted by molar-refractivity contribution is 7.24. The fourth-order valence-electron chi connectivity index (χ4n) is 5.35. The third kappa shape index (κ3) is 3.50. The molecule has 8 nitrogen and oxygen atoms in total. The van der Waals surface area contributed by atoms with Gasteiger partial charge in [-0.2, -0.15) is 0 Å². The highest BCUT2D eigenvalue weighted by atomic mass is 32.1. The lowest BCUT2D eigenvalue weighted by Gasteiger charge is -2.24. The molecule has 186 valence electrons. The Kier molecular flexibility index (Phi) is 4.85. The number of halogens is 1. The van der Waals surface area contributed by atoms with E-state index in [-0.39, 0.29) is 28.8 Å². The summed E-state index contributed by atoms with van der Waals surface area (Å²) in [5.74, 6) is -1.54. The molecule has 10 heteroatoms. The Labute approximate surface area is 208 Å². The van der Waals surface area contributed by atoms with Crippen molar-refractivity contribution in [2.24, 2.45) is 11.8 Å². The number of carbonyl (C=O) groups is 2. The average molecular weight is 510 g/mol. The maximum atomic E-state index is 15.3. The molecule has 4 aromatic rings. The van der Waals surface area contributed by atoms with Gasteiger partial charge in [-0.15, -0.1) is 11.3 Å². The first kappa shape index (κ1) is 22.8. The molecular weight excluding hydrogens is 485 g/mol. The number of para-hydroxylation sites is 1. The number of aromatic carboxylic acids is 1. The zero-order valence-corrected chi connectivity index (χ0v) is 20.7. The number of hydrogen-bond acceptors (Lipinski definition) is 6. The number of ether oxygens (including phenoxy) is 1. The highest BCUT2D eigenvalue weighted by Gasteiger charge is 2.57. The number of pyridine rings is 1. The zero-order valence-electron chi connectivity index (χ0n) is 19.9. The van der Waals surface area contributed by atoms with Gasteiger partial charge in [0.25, 0.3) is 0 Å². The third-order valence-electron chi connectivity index (χ3n) is 6.94. The monoisotopic (exact) mass is 509 g/mol. The Morgan fingerprint density at radius 1 is 1.14 bits per heavy atom. The van der Waals surface area contributed by atoms with Gasteiger partial charge in [-0.25, -0.2) is 14.0 Å². The summed E-state index contributed by atoms with van der Waals surface area (Å²) >= 11 is 1.23. The molecule has 2 unspecified atom stereocenters. The molecule has 3 heterocycles. The van der Waals surface area contributed by atoms with Crippen molar-refractivity contribution in [2.75, 3.05) is 18.0 Å². The van der Waals surface area contributed by atoms with E-state index in [0.717, 1.165) is 16.3 Å². The average Bonchev–Trinajstić information content (AvgIpc) is 3.12. The van der Waals surface area contributed by atoms with Crippen molar-refractivity contribution < 1.29 is 23.8 Å². The lowest BCUT2D eigenvalue weighted by atomic mass is 10.1. The molecule has 0 bridgehead atoms. The summed E-state index contributed by atoms with van der Waals surface area (Å²) in [6, 6.07) is 10.2. The summed E-state index contributed by atoms with van der Waals surface area (Å²) in [6.07, 6.45) is -0.453. The SMILES string of the molecule is CC(C)(C)OC(=O)NC1C2CN(c3cc4c(cc3F)c(=O)c(C(=O)O)c3sc5ccccc5n34)CC21. The molecule has 2 aliphatic rings. The van der Waals surface area contributed by atoms with E-state index in [0.29, 0.717) is 29.1 Å². The minimum Gasteiger partial charge on any atom is -0.477 e. The molecule has 1 amide bonds. The molecule has 1 aliphatic heterocycles. The number of aromatic nitrogens is 1. The van der Waals surface area contributed by atoms with Gasteiger partial charge < -0.3 is 20.1 Å². The minimum atomic E-state index is -1.33. The maximum Gasteiger partial charge on any atom is 0.407 e. The van der Waals surface area contributed by atoms with Crippen LogP contribution >= 0.6 is 11.3 Å². The van der Waals surface area contributed by atoms with Crippen molar-refractivity contribution in [3.8, 4) is 0 Å². The molecular formula is C26H24FN3O5S. The van der Waals surface area contributed by atoms with E-state index in [4.69, 9.17) is 4.74 Å². The minimum absolute atomic E-state index is 0.00659. The number of anilines is 1. The van der Waals surface area contributed by atoms with Gasteiger partial charge in [-0.05, 0) is 45.0 Å². The van der Waals surface area contributed by atoms with Gasteiger partial charge in [0.05, 0.1) is 26.8 Å². The van der Waals surface area contributed by atoms with Crippen LogP contribution in [-0.4, -0.2) is 46.3 Å². The van der Waals surface area contributed by atoms with E-state index in [1.807, 2.05) is 49.9 Å². The Balaban J connectivity index is 1.38. The Morgan fingerprint density at radius 3 is 2.50 bits per heavy atom. The van der Waals surface area contributed by atoms with E-state index in [1.165, 1.54) is 11.3 Å². The maximum absolute atomic E-state index is 15.3. The van der Waals surface area contributed by atoms with Crippen molar-refractivity contribution in [2.45, 2.75) is 32.4 Å². The standard InChI is InChI=1S/C26H24FN3O5S/c1-26(2,3)35-25(34)28-21-13-10-29(11-14(13)21)18-9-17-12(8-15(18)27)22(31)20(24(32)33)23-30(17)16-6-4-5-7-19(16)36-23/h4-9,13-14,21H,10-11H2,1-3H3,(H,28,34)(H,32,33). The molecule has 2 atom stereocenters. The Morgan fingerprint density at radius 2 is 1.83 bits per heavy atom. The lowest BCUT2D eigenvalue weighted by Crippen LogP contribution is -2.38. The quantitative estimate of drug-likeness (QED) is 0.423. The topological polar surface area (TPSA) is 100 Å². The lowest BCUT2D eigenvalue weighted by molar-refractivity contribution is 0.0517. The first-order valence-corrected chi connectivity index (χ1v) is 12.5. The van der Waals surface area contributed by atoms with Gasteiger partial charge in [0, 0.05) is 31.0 Å². The fourth-order valence-corrected chi connectivity index (χ4v) is 6.54. The second-order valence-electron chi connectivity index (χ2n) is 10.4. The van der Waals surface area contributed by atoms with Gasteiger partial charge in [0.2, 0.25) is 5.43 Å². The van der Waals surface area contributed by atoms with Crippen LogP contribution in [0.15, 0.2) is 41.2 Å². The van der Waals surface area contributed by atoms with Crippen LogP contribution in [0.2, 0.25) is 0 Å². The molecule has 2 aromatic carbocycles. The smallest absolute Gasteiger partial charge is 0.407 e. The highest BCUT2D eigenvalue weighted by Crippen LogP contribution is 2.47. The van der Waals surface area contributed by atoms with Gasteiger partial charge in [0.15, 0.2) is 0 Å². The van der Waals surface area contributed by atoms with Crippen LogP contribution < -0.4 is 15.6 Å². The predicted octanol–water partition coefficient (Wildman–Crippen LogP) is 4.46. The van der Waals surface area contributed by atoms with E-state index in [1.54, 1.807) is 10.5 Å². The molecule has 1 aliphatic carbocycles. The molecule has 0 spiro atoms. The van der Waals surface area contributed by atoms with Crippen LogP contribution in [0.3, 0.4) is 0 Å². The van der Waals surface area contributed by atoms with Crippen LogP contribution in [0, 0.1) is 17.7 Å². The zero-order chi connectivity index (χ0) is 25.5. The number of carboxylic acids is 1. The van der Waals surface area contributed by atoms with E-state index in [2.05, 4.69) is 5.32 Å². The van der Waals surface area contributed by atoms with Crippen LogP contribution in [0.1, 0.15) is 31.1 Å². The number of piperidine rings is 1. The number of fused-ring (bicyclic) bond motifs is 6. The molecule has 6 rings (SSSR count). The first-order chi connectivity index (χ1) is 17.0. The second kappa shape index (κ2) is 7.67. The summed E-state index contributed by atoms with van der Waals surface area (Å²) in [5.41, 5.74) is -0.0392. The molecule has 2 N–H and O–H groups in total. The molecule has 2 aromatic heterocycles. The number of amides is 1. The van der Waals surface area contributed by atoms with Gasteiger partial charge in [0.1, 0.15) is 21.8 Å². The molecule has 0 radical (unpaired) electrons. The van der Waals surface area contributed by atoms with Crippen LogP contribution in [0.4, 0.5) is 14.9 Å². The number of carboxylic acid groups (broad SMARTS) is 1. The van der Waals surface area contributed by atoms with Crippen LogP contribution in [0.5, 0.6) is 0 Å². The number of hydrogen-bond donors (Lipinski definition) is 2. The number of benzene rings is 2. The fraction of sp³-hybridized carbons (Fsp3) is 0.346. The number of thiazole rings is 1. The van der Waals surface area contributed by atoms with E-state index < -0.39 is 28.9 Å². The molecule has 36 heavy (non-hydrogen) atoms. The van der Waals surface area contributed by atoms with Crippen molar-refractivity contribution in [1.29, 1.82) is 0 Å². The Hall–Kier alpha value is -3.66. The summed E-state index contributed by atoms with van der Waals surface area (Å²) in [6.45, 7) is 6.54. The number of carbonyl (C=O) groups excluding carboxylic acids is 1.